The third-order valence-electron chi connectivity index (χ3n) is 4.67. The first kappa shape index (κ1) is 17.6. The molecule has 0 spiro atoms. The van der Waals surface area contributed by atoms with Gasteiger partial charge in [0.15, 0.2) is 5.82 Å². The highest BCUT2D eigenvalue weighted by molar-refractivity contribution is 5.61. The largest absolute Gasteiger partial charge is 0.353 e. The van der Waals surface area contributed by atoms with Gasteiger partial charge in [0.1, 0.15) is 0 Å². The first-order valence-electron chi connectivity index (χ1n) is 9.01. The van der Waals surface area contributed by atoms with Crippen LogP contribution in [-0.4, -0.2) is 52.8 Å². The molecule has 1 aromatic carbocycles. The van der Waals surface area contributed by atoms with Crippen molar-refractivity contribution in [2.45, 2.75) is 33.1 Å². The lowest BCUT2D eigenvalue weighted by Gasteiger charge is -2.34. The zero-order valence-corrected chi connectivity index (χ0v) is 15.7. The first-order valence-corrected chi connectivity index (χ1v) is 9.01. The van der Waals surface area contributed by atoms with Crippen LogP contribution in [0.4, 0.5) is 17.5 Å². The summed E-state index contributed by atoms with van der Waals surface area (Å²) >= 11 is 0. The summed E-state index contributed by atoms with van der Waals surface area (Å²) < 4.78 is 0. The van der Waals surface area contributed by atoms with E-state index >= 15 is 0 Å². The topological polar surface area (TPSA) is 57.2 Å². The van der Waals surface area contributed by atoms with Gasteiger partial charge in [0.2, 0.25) is 5.95 Å². The van der Waals surface area contributed by atoms with Gasteiger partial charge in [-0.25, -0.2) is 0 Å². The van der Waals surface area contributed by atoms with Crippen molar-refractivity contribution in [2.24, 2.45) is 0 Å². The van der Waals surface area contributed by atoms with E-state index in [1.165, 1.54) is 5.56 Å². The summed E-state index contributed by atoms with van der Waals surface area (Å²) in [5.74, 6) is 1.44. The summed E-state index contributed by atoms with van der Waals surface area (Å²) in [6.07, 6.45) is 1.75. The lowest BCUT2D eigenvalue weighted by atomic mass is 9.86. The van der Waals surface area contributed by atoms with E-state index in [0.717, 1.165) is 44.2 Å². The average molecular weight is 340 g/mol. The molecule has 1 N–H and O–H groups in total. The Morgan fingerprint density at radius 1 is 1.08 bits per heavy atom. The minimum Gasteiger partial charge on any atom is -0.353 e. The van der Waals surface area contributed by atoms with Crippen molar-refractivity contribution in [3.63, 3.8) is 0 Å². The number of para-hydroxylation sites is 1. The molecule has 134 valence electrons. The molecule has 0 aliphatic carbocycles. The number of aromatic nitrogens is 3. The molecule has 0 bridgehead atoms. The van der Waals surface area contributed by atoms with Crippen molar-refractivity contribution >= 4 is 17.5 Å². The van der Waals surface area contributed by atoms with Gasteiger partial charge in [0.05, 0.1) is 6.20 Å². The number of hydrogen-bond donors (Lipinski definition) is 1. The number of benzene rings is 1. The van der Waals surface area contributed by atoms with Crippen LogP contribution in [0.3, 0.4) is 0 Å². The molecule has 0 radical (unpaired) electrons. The van der Waals surface area contributed by atoms with E-state index in [2.05, 4.69) is 76.2 Å². The predicted molar refractivity (Wildman–Crippen MR) is 103 cm³/mol. The molecule has 0 saturated carbocycles. The van der Waals surface area contributed by atoms with Gasteiger partial charge in [0, 0.05) is 31.9 Å². The Morgan fingerprint density at radius 2 is 1.80 bits per heavy atom. The molecule has 1 fully saturated rings. The van der Waals surface area contributed by atoms with Crippen LogP contribution in [0, 0.1) is 0 Å². The van der Waals surface area contributed by atoms with Crippen LogP contribution in [0.2, 0.25) is 0 Å². The van der Waals surface area contributed by atoms with E-state index in [1.54, 1.807) is 6.20 Å². The van der Waals surface area contributed by atoms with Crippen LogP contribution in [0.25, 0.3) is 0 Å². The molecular formula is C19H28N6. The molecule has 2 heterocycles. The van der Waals surface area contributed by atoms with Crippen LogP contribution in [0.5, 0.6) is 0 Å². The summed E-state index contributed by atoms with van der Waals surface area (Å²) in [6.45, 7) is 14.0. The highest BCUT2D eigenvalue weighted by Gasteiger charge is 2.20. The third kappa shape index (κ3) is 4.25. The standard InChI is InChI=1S/C19H28N6/c1-5-24-10-12-25(13-11-24)17-14-20-23-18(22-17)21-16-9-7-6-8-15(16)19(2,3)4/h6-9,14H,5,10-13H2,1-4H3,(H,21,22,23). The number of nitrogens with zero attached hydrogens (tertiary/aromatic N) is 5. The molecule has 6 nitrogen and oxygen atoms in total. The summed E-state index contributed by atoms with van der Waals surface area (Å²) in [4.78, 5) is 9.42. The van der Waals surface area contributed by atoms with Gasteiger partial charge in [-0.1, -0.05) is 45.9 Å². The molecule has 0 amide bonds. The van der Waals surface area contributed by atoms with Crippen LogP contribution in [0.1, 0.15) is 33.3 Å². The van der Waals surface area contributed by atoms with Crippen molar-refractivity contribution in [1.29, 1.82) is 0 Å². The summed E-state index contributed by atoms with van der Waals surface area (Å²) in [5, 5.41) is 11.7. The van der Waals surface area contributed by atoms with Crippen LogP contribution in [-0.2, 0) is 5.41 Å². The Balaban J connectivity index is 1.77. The number of piperazine rings is 1. The molecular weight excluding hydrogens is 312 g/mol. The first-order chi connectivity index (χ1) is 12.0. The molecule has 2 aromatic rings. The second kappa shape index (κ2) is 7.35. The average Bonchev–Trinajstić information content (AvgIpc) is 2.62. The van der Waals surface area contributed by atoms with E-state index in [1.807, 2.05) is 6.07 Å². The molecule has 25 heavy (non-hydrogen) atoms. The number of nitrogens with one attached hydrogen (secondary N) is 1. The highest BCUT2D eigenvalue weighted by atomic mass is 15.3. The Hall–Kier alpha value is -2.21. The molecule has 1 aliphatic rings. The lowest BCUT2D eigenvalue weighted by molar-refractivity contribution is 0.270. The SMILES string of the molecule is CCN1CCN(c2cnnc(Nc3ccccc3C(C)(C)C)n2)CC1. The fourth-order valence-corrected chi connectivity index (χ4v) is 3.16. The smallest absolute Gasteiger partial charge is 0.249 e. The fourth-order valence-electron chi connectivity index (χ4n) is 3.16. The van der Waals surface area contributed by atoms with Crippen molar-refractivity contribution < 1.29 is 0 Å². The molecule has 0 atom stereocenters. The van der Waals surface area contributed by atoms with E-state index in [0.29, 0.717) is 5.95 Å². The second-order valence-corrected chi connectivity index (χ2v) is 7.48. The number of hydrogen-bond acceptors (Lipinski definition) is 6. The van der Waals surface area contributed by atoms with Gasteiger partial charge in [-0.3, -0.25) is 0 Å². The van der Waals surface area contributed by atoms with E-state index in [4.69, 9.17) is 0 Å². The molecule has 1 saturated heterocycles. The summed E-state index contributed by atoms with van der Waals surface area (Å²) in [6, 6.07) is 8.30. The Labute approximate surface area is 150 Å². The van der Waals surface area contributed by atoms with Crippen LogP contribution >= 0.6 is 0 Å². The van der Waals surface area contributed by atoms with E-state index < -0.39 is 0 Å². The van der Waals surface area contributed by atoms with Crippen molar-refractivity contribution in [3.05, 3.63) is 36.0 Å². The third-order valence-corrected chi connectivity index (χ3v) is 4.67. The van der Waals surface area contributed by atoms with Crippen molar-refractivity contribution in [1.82, 2.24) is 20.1 Å². The molecule has 0 unspecified atom stereocenters. The van der Waals surface area contributed by atoms with Gasteiger partial charge < -0.3 is 15.1 Å². The number of anilines is 3. The van der Waals surface area contributed by atoms with Gasteiger partial charge in [-0.15, -0.1) is 5.10 Å². The Kier molecular flexibility index (Phi) is 5.18. The second-order valence-electron chi connectivity index (χ2n) is 7.48. The van der Waals surface area contributed by atoms with Crippen LogP contribution in [0.15, 0.2) is 30.5 Å². The number of rotatable bonds is 4. The zero-order valence-electron chi connectivity index (χ0n) is 15.7. The Morgan fingerprint density at radius 3 is 2.48 bits per heavy atom. The molecule has 3 rings (SSSR count). The minimum atomic E-state index is 0.0467. The van der Waals surface area contributed by atoms with E-state index in [-0.39, 0.29) is 5.41 Å². The number of likely N-dealkylation sites (N-methyl/N-ethyl adjacent to an activating group) is 1. The maximum absolute atomic E-state index is 4.69. The monoisotopic (exact) mass is 340 g/mol. The fraction of sp³-hybridized carbons (Fsp3) is 0.526. The van der Waals surface area contributed by atoms with Gasteiger partial charge >= 0.3 is 0 Å². The van der Waals surface area contributed by atoms with Gasteiger partial charge in [0.25, 0.3) is 0 Å². The molecule has 1 aromatic heterocycles. The van der Waals surface area contributed by atoms with Crippen molar-refractivity contribution in [3.8, 4) is 0 Å². The van der Waals surface area contributed by atoms with Gasteiger partial charge in [-0.2, -0.15) is 10.1 Å². The molecule has 1 aliphatic heterocycles. The normalized spacial score (nSPS) is 16.1. The maximum Gasteiger partial charge on any atom is 0.249 e. The zero-order chi connectivity index (χ0) is 17.9. The summed E-state index contributed by atoms with van der Waals surface area (Å²) in [5.41, 5.74) is 2.32. The minimum absolute atomic E-state index is 0.0467. The quantitative estimate of drug-likeness (QED) is 0.923. The summed E-state index contributed by atoms with van der Waals surface area (Å²) in [7, 11) is 0. The predicted octanol–water partition coefficient (Wildman–Crippen LogP) is 3.05. The maximum atomic E-state index is 4.69. The van der Waals surface area contributed by atoms with E-state index in [9.17, 15) is 0 Å². The molecule has 6 heteroatoms. The highest BCUT2D eigenvalue weighted by Crippen LogP contribution is 2.30. The Bertz CT molecular complexity index is 701. The van der Waals surface area contributed by atoms with Crippen LogP contribution < -0.4 is 10.2 Å². The van der Waals surface area contributed by atoms with Gasteiger partial charge in [-0.05, 0) is 23.6 Å². The lowest BCUT2D eigenvalue weighted by Crippen LogP contribution is -2.46. The van der Waals surface area contributed by atoms with Crippen molar-refractivity contribution in [2.75, 3.05) is 42.9 Å².